The summed E-state index contributed by atoms with van der Waals surface area (Å²) in [6.07, 6.45) is 5.62. The Kier molecular flexibility index (Phi) is 4.48. The maximum Gasteiger partial charge on any atom is 0.230 e. The van der Waals surface area contributed by atoms with Gasteiger partial charge in [-0.3, -0.25) is 10.1 Å². The van der Waals surface area contributed by atoms with E-state index in [-0.39, 0.29) is 17.7 Å². The van der Waals surface area contributed by atoms with Crippen LogP contribution in [-0.2, 0) is 4.79 Å². The van der Waals surface area contributed by atoms with Crippen molar-refractivity contribution >= 4 is 22.9 Å². The molecule has 0 radical (unpaired) electrons. The quantitative estimate of drug-likeness (QED) is 0.794. The van der Waals surface area contributed by atoms with E-state index < -0.39 is 6.10 Å². The molecule has 27 heavy (non-hydrogen) atoms. The number of allylic oxidation sites excluding steroid dienone is 1. The first-order chi connectivity index (χ1) is 13.0. The van der Waals surface area contributed by atoms with Gasteiger partial charge in [0.25, 0.3) is 0 Å². The fraction of sp³-hybridized carbons (Fsp3) is 0.476. The Morgan fingerprint density at radius 3 is 2.89 bits per heavy atom. The summed E-state index contributed by atoms with van der Waals surface area (Å²) in [5.74, 6) is 0.678. The normalized spacial score (nSPS) is 23.6. The number of hydrogen-bond acceptors (Lipinski definition) is 4. The minimum atomic E-state index is -0.480. The molecule has 1 amide bonds. The Bertz CT molecular complexity index is 962. The van der Waals surface area contributed by atoms with Gasteiger partial charge in [0.2, 0.25) is 11.9 Å². The Morgan fingerprint density at radius 2 is 2.26 bits per heavy atom. The van der Waals surface area contributed by atoms with Gasteiger partial charge in [-0.1, -0.05) is 6.08 Å². The molecule has 0 saturated heterocycles. The van der Waals surface area contributed by atoms with Crippen LogP contribution in [0.2, 0.25) is 0 Å². The molecule has 2 aliphatic rings. The molecule has 2 fully saturated rings. The molecule has 1 aromatic heterocycles. The van der Waals surface area contributed by atoms with E-state index in [4.69, 9.17) is 0 Å². The van der Waals surface area contributed by atoms with Crippen LogP contribution in [0.1, 0.15) is 51.1 Å². The first-order valence-electron chi connectivity index (χ1n) is 9.57. The van der Waals surface area contributed by atoms with Gasteiger partial charge in [0.15, 0.2) is 0 Å². The molecule has 2 saturated carbocycles. The van der Waals surface area contributed by atoms with Crippen LogP contribution in [0.3, 0.4) is 0 Å². The van der Waals surface area contributed by atoms with Crippen LogP contribution < -0.4 is 5.32 Å². The van der Waals surface area contributed by atoms with E-state index in [0.717, 1.165) is 35.9 Å². The number of carbonyl (C=O) groups is 1. The number of nitrogens with one attached hydrogen (secondary N) is 1. The van der Waals surface area contributed by atoms with Gasteiger partial charge in [0.1, 0.15) is 0 Å². The second kappa shape index (κ2) is 6.82. The number of rotatable bonds is 5. The molecular weight excluding hydrogens is 340 g/mol. The van der Waals surface area contributed by atoms with E-state index in [9.17, 15) is 15.2 Å². The number of imidazole rings is 1. The number of benzene rings is 1. The number of amides is 1. The molecule has 140 valence electrons. The number of nitriles is 1. The third kappa shape index (κ3) is 3.35. The SMILES string of the molecule is C/C(=C\[C@H]1C[C@@H]1C(=O)Nc1nc2ccc(C#N)cc2n1C1CCC1)C(C)O. The lowest BCUT2D eigenvalue weighted by atomic mass is 9.92. The van der Waals surface area contributed by atoms with Gasteiger partial charge in [0, 0.05) is 12.0 Å². The molecule has 4 rings (SSSR count). The molecule has 0 spiro atoms. The summed E-state index contributed by atoms with van der Waals surface area (Å²) < 4.78 is 2.09. The Hall–Kier alpha value is -2.65. The molecule has 1 heterocycles. The van der Waals surface area contributed by atoms with Gasteiger partial charge < -0.3 is 9.67 Å². The van der Waals surface area contributed by atoms with Crippen molar-refractivity contribution in [2.75, 3.05) is 5.32 Å². The van der Waals surface area contributed by atoms with E-state index in [0.29, 0.717) is 17.6 Å². The van der Waals surface area contributed by atoms with Crippen molar-refractivity contribution in [3.05, 3.63) is 35.4 Å². The molecule has 3 atom stereocenters. The number of anilines is 1. The molecule has 2 aromatic rings. The van der Waals surface area contributed by atoms with Crippen molar-refractivity contribution in [2.45, 2.75) is 51.7 Å². The first-order valence-corrected chi connectivity index (χ1v) is 9.57. The number of nitrogens with zero attached hydrogens (tertiary/aromatic N) is 3. The minimum Gasteiger partial charge on any atom is -0.389 e. The number of aromatic nitrogens is 2. The van der Waals surface area contributed by atoms with Crippen molar-refractivity contribution in [1.82, 2.24) is 9.55 Å². The van der Waals surface area contributed by atoms with Gasteiger partial charge in [-0.25, -0.2) is 4.98 Å². The third-order valence-corrected chi connectivity index (χ3v) is 5.81. The van der Waals surface area contributed by atoms with Crippen LogP contribution in [-0.4, -0.2) is 26.7 Å². The Labute approximate surface area is 158 Å². The highest BCUT2D eigenvalue weighted by Crippen LogP contribution is 2.42. The van der Waals surface area contributed by atoms with Gasteiger partial charge in [-0.2, -0.15) is 5.26 Å². The van der Waals surface area contributed by atoms with E-state index in [1.54, 1.807) is 13.0 Å². The van der Waals surface area contributed by atoms with E-state index >= 15 is 0 Å². The maximum absolute atomic E-state index is 12.7. The van der Waals surface area contributed by atoms with Crippen molar-refractivity contribution in [1.29, 1.82) is 5.26 Å². The number of hydrogen-bond donors (Lipinski definition) is 2. The van der Waals surface area contributed by atoms with Gasteiger partial charge in [0.05, 0.1) is 28.8 Å². The highest BCUT2D eigenvalue weighted by molar-refractivity contribution is 5.95. The van der Waals surface area contributed by atoms with Crippen molar-refractivity contribution in [3.8, 4) is 6.07 Å². The molecule has 1 unspecified atom stereocenters. The molecule has 1 aromatic carbocycles. The second-order valence-corrected chi connectivity index (χ2v) is 7.79. The van der Waals surface area contributed by atoms with Gasteiger partial charge >= 0.3 is 0 Å². The van der Waals surface area contributed by atoms with Gasteiger partial charge in [-0.05, 0) is 69.2 Å². The molecule has 2 aliphatic carbocycles. The lowest BCUT2D eigenvalue weighted by Crippen LogP contribution is -2.23. The Morgan fingerprint density at radius 1 is 1.48 bits per heavy atom. The average molecular weight is 364 g/mol. The summed E-state index contributed by atoms with van der Waals surface area (Å²) in [6.45, 7) is 3.63. The summed E-state index contributed by atoms with van der Waals surface area (Å²) in [4.78, 5) is 17.3. The third-order valence-electron chi connectivity index (χ3n) is 5.81. The molecule has 0 bridgehead atoms. The van der Waals surface area contributed by atoms with Crippen LogP contribution in [0.25, 0.3) is 11.0 Å². The zero-order valence-corrected chi connectivity index (χ0v) is 15.6. The fourth-order valence-corrected chi connectivity index (χ4v) is 3.65. The smallest absolute Gasteiger partial charge is 0.230 e. The van der Waals surface area contributed by atoms with Gasteiger partial charge in [-0.15, -0.1) is 0 Å². The largest absolute Gasteiger partial charge is 0.389 e. The summed E-state index contributed by atoms with van der Waals surface area (Å²) in [5.41, 5.74) is 3.21. The van der Waals surface area contributed by atoms with Crippen LogP contribution in [0.5, 0.6) is 0 Å². The van der Waals surface area contributed by atoms with Crippen LogP contribution in [0, 0.1) is 23.2 Å². The molecule has 0 aliphatic heterocycles. The predicted octanol–water partition coefficient (Wildman–Crippen LogP) is 3.53. The lowest BCUT2D eigenvalue weighted by Gasteiger charge is -2.29. The summed E-state index contributed by atoms with van der Waals surface area (Å²) >= 11 is 0. The van der Waals surface area contributed by atoms with Crippen LogP contribution >= 0.6 is 0 Å². The highest BCUT2D eigenvalue weighted by Gasteiger charge is 2.42. The Balaban J connectivity index is 1.58. The van der Waals surface area contributed by atoms with Crippen LogP contribution in [0.4, 0.5) is 5.95 Å². The second-order valence-electron chi connectivity index (χ2n) is 7.79. The number of aliphatic hydroxyl groups is 1. The highest BCUT2D eigenvalue weighted by atomic mass is 16.3. The maximum atomic E-state index is 12.7. The molecule has 6 heteroatoms. The summed E-state index contributed by atoms with van der Waals surface area (Å²) in [7, 11) is 0. The average Bonchev–Trinajstić information content (AvgIpc) is 3.29. The zero-order valence-electron chi connectivity index (χ0n) is 15.6. The fourth-order valence-electron chi connectivity index (χ4n) is 3.65. The minimum absolute atomic E-state index is 0.0222. The molecule has 2 N–H and O–H groups in total. The molecular formula is C21H24N4O2. The first kappa shape index (κ1) is 17.7. The topological polar surface area (TPSA) is 90.9 Å². The van der Waals surface area contributed by atoms with Crippen LogP contribution in [0.15, 0.2) is 29.8 Å². The lowest BCUT2D eigenvalue weighted by molar-refractivity contribution is -0.117. The number of carbonyl (C=O) groups excluding carboxylic acids is 1. The van der Waals surface area contributed by atoms with Crippen molar-refractivity contribution in [2.24, 2.45) is 11.8 Å². The summed E-state index contributed by atoms with van der Waals surface area (Å²) in [5, 5.41) is 21.8. The standard InChI is InChI=1S/C21H24N4O2/c1-12(13(2)26)8-15-10-17(15)20(27)24-21-23-18-7-6-14(11-22)9-19(18)25(21)16-4-3-5-16/h6-9,13,15-17,26H,3-5,10H2,1-2H3,(H,23,24,27)/b12-8+/t13?,15-,17-/m0/s1. The van der Waals surface area contributed by atoms with Crippen molar-refractivity contribution in [3.63, 3.8) is 0 Å². The predicted molar refractivity (Wildman–Crippen MR) is 103 cm³/mol. The number of fused-ring (bicyclic) bond motifs is 1. The zero-order chi connectivity index (χ0) is 19.1. The van der Waals surface area contributed by atoms with E-state index in [1.165, 1.54) is 6.42 Å². The van der Waals surface area contributed by atoms with Crippen molar-refractivity contribution < 1.29 is 9.90 Å². The molecule has 6 nitrogen and oxygen atoms in total. The number of aliphatic hydroxyl groups excluding tert-OH is 1. The summed E-state index contributed by atoms with van der Waals surface area (Å²) in [6, 6.07) is 7.95. The van der Waals surface area contributed by atoms with E-state index in [2.05, 4.69) is 20.9 Å². The monoisotopic (exact) mass is 364 g/mol. The van der Waals surface area contributed by atoms with E-state index in [1.807, 2.05) is 25.1 Å².